The van der Waals surface area contributed by atoms with Crippen LogP contribution in [-0.2, 0) is 31.7 Å². The average Bonchev–Trinajstić information content (AvgIpc) is 2.96. The van der Waals surface area contributed by atoms with Gasteiger partial charge in [0.05, 0.1) is 17.3 Å². The quantitative estimate of drug-likeness (QED) is 0.373. The van der Waals surface area contributed by atoms with Crippen molar-refractivity contribution in [3.63, 3.8) is 0 Å². The number of esters is 1. The number of hydrogen-bond donors (Lipinski definition) is 0. The summed E-state index contributed by atoms with van der Waals surface area (Å²) >= 11 is 1.15. The second-order valence-corrected chi connectivity index (χ2v) is 7.90. The lowest BCUT2D eigenvalue weighted by Crippen LogP contribution is -2.12. The summed E-state index contributed by atoms with van der Waals surface area (Å²) in [6.07, 6.45) is 1.62. The molecule has 0 bridgehead atoms. The van der Waals surface area contributed by atoms with Crippen LogP contribution in [0.5, 0.6) is 0 Å². The molecule has 134 valence electrons. The van der Waals surface area contributed by atoms with Gasteiger partial charge in [0.15, 0.2) is 15.0 Å². The lowest BCUT2D eigenvalue weighted by Gasteiger charge is -2.08. The van der Waals surface area contributed by atoms with Gasteiger partial charge in [-0.25, -0.2) is 8.42 Å². The molecule has 2 aromatic rings. The third-order valence-electron chi connectivity index (χ3n) is 3.15. The summed E-state index contributed by atoms with van der Waals surface area (Å²) in [5.41, 5.74) is 0. The molecular formula is C16H19N3O4S2. The summed E-state index contributed by atoms with van der Waals surface area (Å²) in [6, 6.07) is 8.17. The standard InChI is InChI=1S/C16H19N3O4S2/c1-3-10-19-14(12-25(21,22)13-8-6-5-7-9-13)17-18-16(19)24-11-15(20)23-4-2/h3,5-9H,1,4,10-12H2,2H3. The molecule has 2 rings (SSSR count). The fourth-order valence-corrected chi connectivity index (χ4v) is 4.11. The molecule has 0 amide bonds. The SMILES string of the molecule is C=CCn1c(CS(=O)(=O)c2ccccc2)nnc1SCC(=O)OCC. The van der Waals surface area contributed by atoms with Crippen molar-refractivity contribution in [2.75, 3.05) is 12.4 Å². The summed E-state index contributed by atoms with van der Waals surface area (Å²) in [5.74, 6) is -0.263. The van der Waals surface area contributed by atoms with E-state index >= 15 is 0 Å². The van der Waals surface area contributed by atoms with Crippen LogP contribution in [0.4, 0.5) is 0 Å². The molecule has 0 aliphatic rings. The Hall–Kier alpha value is -2.13. The first-order valence-corrected chi connectivity index (χ1v) is 10.2. The first-order valence-electron chi connectivity index (χ1n) is 7.57. The van der Waals surface area contributed by atoms with E-state index in [1.54, 1.807) is 47.9 Å². The molecule has 0 saturated carbocycles. The molecule has 0 unspecified atom stereocenters. The van der Waals surface area contributed by atoms with Gasteiger partial charge in [-0.2, -0.15) is 0 Å². The number of ether oxygens (including phenoxy) is 1. The Labute approximate surface area is 151 Å². The van der Waals surface area contributed by atoms with Crippen LogP contribution in [0, 0.1) is 0 Å². The lowest BCUT2D eigenvalue weighted by atomic mass is 10.4. The van der Waals surface area contributed by atoms with Crippen molar-refractivity contribution in [1.29, 1.82) is 0 Å². The Bertz CT molecular complexity index is 832. The number of rotatable bonds is 9. The Balaban J connectivity index is 2.21. The maximum Gasteiger partial charge on any atom is 0.316 e. The summed E-state index contributed by atoms with van der Waals surface area (Å²) in [5, 5.41) is 8.43. The van der Waals surface area contributed by atoms with Gasteiger partial charge in [0, 0.05) is 6.54 Å². The predicted octanol–water partition coefficient (Wildman–Crippen LogP) is 2.09. The zero-order chi connectivity index (χ0) is 18.3. The minimum atomic E-state index is -3.54. The first kappa shape index (κ1) is 19.2. The molecule has 25 heavy (non-hydrogen) atoms. The van der Waals surface area contributed by atoms with E-state index in [-0.39, 0.29) is 22.4 Å². The van der Waals surface area contributed by atoms with Crippen molar-refractivity contribution in [2.45, 2.75) is 29.3 Å². The molecule has 0 aliphatic heterocycles. The zero-order valence-corrected chi connectivity index (χ0v) is 15.4. The van der Waals surface area contributed by atoms with Crippen molar-refractivity contribution < 1.29 is 17.9 Å². The number of aromatic nitrogens is 3. The summed E-state index contributed by atoms with van der Waals surface area (Å²) in [7, 11) is -3.54. The number of carbonyl (C=O) groups is 1. The number of allylic oxidation sites excluding steroid dienone is 1. The number of benzene rings is 1. The third-order valence-corrected chi connectivity index (χ3v) is 5.72. The minimum absolute atomic E-state index is 0.0779. The van der Waals surface area contributed by atoms with Crippen molar-refractivity contribution in [1.82, 2.24) is 14.8 Å². The van der Waals surface area contributed by atoms with Gasteiger partial charge in [-0.3, -0.25) is 4.79 Å². The van der Waals surface area contributed by atoms with Gasteiger partial charge in [-0.15, -0.1) is 16.8 Å². The molecule has 0 fully saturated rings. The van der Waals surface area contributed by atoms with E-state index in [4.69, 9.17) is 4.74 Å². The van der Waals surface area contributed by atoms with Crippen LogP contribution in [0.15, 0.2) is 53.0 Å². The minimum Gasteiger partial charge on any atom is -0.465 e. The molecular weight excluding hydrogens is 362 g/mol. The largest absolute Gasteiger partial charge is 0.465 e. The van der Waals surface area contributed by atoms with E-state index in [1.807, 2.05) is 0 Å². The normalized spacial score (nSPS) is 11.2. The van der Waals surface area contributed by atoms with Crippen LogP contribution in [0.1, 0.15) is 12.7 Å². The highest BCUT2D eigenvalue weighted by Crippen LogP contribution is 2.21. The molecule has 0 radical (unpaired) electrons. The van der Waals surface area contributed by atoms with Gasteiger partial charge >= 0.3 is 5.97 Å². The van der Waals surface area contributed by atoms with Crippen LogP contribution in [0.25, 0.3) is 0 Å². The van der Waals surface area contributed by atoms with Crippen molar-refractivity contribution in [3.05, 3.63) is 48.8 Å². The highest BCUT2D eigenvalue weighted by atomic mass is 32.2. The van der Waals surface area contributed by atoms with Gasteiger partial charge in [-0.1, -0.05) is 36.0 Å². The van der Waals surface area contributed by atoms with E-state index in [0.717, 1.165) is 11.8 Å². The number of carbonyl (C=O) groups excluding carboxylic acids is 1. The van der Waals surface area contributed by atoms with Crippen LogP contribution in [0.2, 0.25) is 0 Å². The molecule has 0 saturated heterocycles. The van der Waals surface area contributed by atoms with E-state index < -0.39 is 9.84 Å². The fourth-order valence-electron chi connectivity index (χ4n) is 2.05. The Morgan fingerprint density at radius 1 is 1.32 bits per heavy atom. The molecule has 1 aromatic carbocycles. The number of sulfone groups is 1. The smallest absolute Gasteiger partial charge is 0.316 e. The van der Waals surface area contributed by atoms with Gasteiger partial charge in [-0.05, 0) is 19.1 Å². The van der Waals surface area contributed by atoms with Gasteiger partial charge in [0.2, 0.25) is 0 Å². The fraction of sp³-hybridized carbons (Fsp3) is 0.312. The van der Waals surface area contributed by atoms with Gasteiger partial charge < -0.3 is 9.30 Å². The molecule has 1 aromatic heterocycles. The van der Waals surface area contributed by atoms with Crippen molar-refractivity contribution >= 4 is 27.6 Å². The molecule has 7 nitrogen and oxygen atoms in total. The van der Waals surface area contributed by atoms with E-state index in [2.05, 4.69) is 16.8 Å². The Morgan fingerprint density at radius 3 is 2.68 bits per heavy atom. The van der Waals surface area contributed by atoms with E-state index in [0.29, 0.717) is 24.1 Å². The molecule has 0 spiro atoms. The molecule has 0 aliphatic carbocycles. The summed E-state index contributed by atoms with van der Waals surface area (Å²) < 4.78 is 31.6. The van der Waals surface area contributed by atoms with Crippen molar-refractivity contribution in [3.8, 4) is 0 Å². The Kier molecular flexibility index (Phi) is 6.77. The van der Waals surface area contributed by atoms with Gasteiger partial charge in [0.25, 0.3) is 0 Å². The zero-order valence-electron chi connectivity index (χ0n) is 13.8. The van der Waals surface area contributed by atoms with Gasteiger partial charge in [0.1, 0.15) is 11.6 Å². The van der Waals surface area contributed by atoms with Crippen LogP contribution >= 0.6 is 11.8 Å². The second kappa shape index (κ2) is 8.82. The molecule has 1 heterocycles. The number of nitrogens with zero attached hydrogens (tertiary/aromatic N) is 3. The number of thioether (sulfide) groups is 1. The molecule has 0 N–H and O–H groups in total. The van der Waals surface area contributed by atoms with E-state index in [1.165, 1.54) is 0 Å². The molecule has 0 atom stereocenters. The molecule has 9 heteroatoms. The highest BCUT2D eigenvalue weighted by molar-refractivity contribution is 7.99. The maximum atomic E-state index is 12.5. The third kappa shape index (κ3) is 5.17. The second-order valence-electron chi connectivity index (χ2n) is 4.96. The van der Waals surface area contributed by atoms with Crippen LogP contribution < -0.4 is 0 Å². The topological polar surface area (TPSA) is 91.1 Å². The highest BCUT2D eigenvalue weighted by Gasteiger charge is 2.21. The maximum absolute atomic E-state index is 12.5. The van der Waals surface area contributed by atoms with E-state index in [9.17, 15) is 13.2 Å². The first-order chi connectivity index (χ1) is 12.0. The number of hydrogen-bond acceptors (Lipinski definition) is 7. The Morgan fingerprint density at radius 2 is 2.04 bits per heavy atom. The summed E-state index contributed by atoms with van der Waals surface area (Å²) in [4.78, 5) is 11.7. The van der Waals surface area contributed by atoms with Crippen molar-refractivity contribution in [2.24, 2.45) is 0 Å². The van der Waals surface area contributed by atoms with Crippen LogP contribution in [-0.4, -0.2) is 41.5 Å². The average molecular weight is 381 g/mol. The lowest BCUT2D eigenvalue weighted by molar-refractivity contribution is -0.139. The predicted molar refractivity (Wildman–Crippen MR) is 94.9 cm³/mol. The summed E-state index contributed by atoms with van der Waals surface area (Å²) in [6.45, 7) is 6.05. The van der Waals surface area contributed by atoms with Crippen LogP contribution in [0.3, 0.4) is 0 Å². The monoisotopic (exact) mass is 381 g/mol.